The van der Waals surface area contributed by atoms with Crippen molar-refractivity contribution in [3.05, 3.63) is 43.9 Å². The van der Waals surface area contributed by atoms with Gasteiger partial charge in [-0.3, -0.25) is 0 Å². The van der Waals surface area contributed by atoms with Crippen molar-refractivity contribution < 1.29 is 23.0 Å². The van der Waals surface area contributed by atoms with Gasteiger partial charge in [0, 0.05) is 6.61 Å². The van der Waals surface area contributed by atoms with E-state index >= 15 is 0 Å². The van der Waals surface area contributed by atoms with Gasteiger partial charge >= 0.3 is 5.38 Å². The Hall–Kier alpha value is -0.140. The molecule has 0 atom stereocenters. The van der Waals surface area contributed by atoms with Crippen LogP contribution in [0, 0.1) is 0 Å². The molecule has 0 amide bonds. The summed E-state index contributed by atoms with van der Waals surface area (Å²) in [5.74, 6) is 0.775. The van der Waals surface area contributed by atoms with Crippen LogP contribution in [-0.4, -0.2) is 31.8 Å². The Morgan fingerprint density at radius 1 is 0.893 bits per heavy atom. The number of hydrogen-bond acceptors (Lipinski definition) is 3. The lowest BCUT2D eigenvalue weighted by Crippen LogP contribution is -2.07. The normalized spacial score (nSPS) is 12.1. The fraction of sp³-hybridized carbons (Fsp3) is 0.412. The molecular formula is C17H16Cl6F2O3. The molecule has 0 bridgehead atoms. The highest BCUT2D eigenvalue weighted by Gasteiger charge is 2.29. The van der Waals surface area contributed by atoms with Crippen LogP contribution in [-0.2, 0) is 4.74 Å². The molecule has 0 N–H and O–H groups in total. The first-order valence-corrected chi connectivity index (χ1v) is 10.1. The summed E-state index contributed by atoms with van der Waals surface area (Å²) in [5, 5.41) is -3.91. The minimum absolute atomic E-state index is 0.0605. The van der Waals surface area contributed by atoms with Crippen LogP contribution < -0.4 is 9.47 Å². The average Bonchev–Trinajstić information content (AvgIpc) is 2.61. The number of benzene rings is 1. The summed E-state index contributed by atoms with van der Waals surface area (Å²) < 4.78 is 41.4. The molecule has 0 fully saturated rings. The first-order valence-electron chi connectivity index (χ1n) is 7.88. The lowest BCUT2D eigenvalue weighted by Gasteiger charge is -2.12. The summed E-state index contributed by atoms with van der Waals surface area (Å²) in [5.41, 5.74) is 0. The third-order valence-electron chi connectivity index (χ3n) is 3.08. The van der Waals surface area contributed by atoms with Crippen molar-refractivity contribution in [1.82, 2.24) is 0 Å². The van der Waals surface area contributed by atoms with Gasteiger partial charge in [-0.2, -0.15) is 8.78 Å². The molecule has 0 aliphatic heterocycles. The molecule has 1 aromatic rings. The molecule has 158 valence electrons. The predicted octanol–water partition coefficient (Wildman–Crippen LogP) is 7.82. The van der Waals surface area contributed by atoms with Crippen molar-refractivity contribution in [3.63, 3.8) is 0 Å². The van der Waals surface area contributed by atoms with E-state index in [0.29, 0.717) is 37.6 Å². The van der Waals surface area contributed by atoms with E-state index in [1.54, 1.807) is 12.1 Å². The van der Waals surface area contributed by atoms with Gasteiger partial charge in [0.2, 0.25) is 0 Å². The fourth-order valence-electron chi connectivity index (χ4n) is 1.75. The van der Waals surface area contributed by atoms with Gasteiger partial charge < -0.3 is 14.2 Å². The van der Waals surface area contributed by atoms with Crippen molar-refractivity contribution in [2.45, 2.75) is 18.2 Å². The number of rotatable bonds is 12. The second-order valence-corrected chi connectivity index (χ2v) is 7.82. The smallest absolute Gasteiger partial charge is 0.358 e. The maximum absolute atomic E-state index is 12.6. The van der Waals surface area contributed by atoms with Crippen LogP contribution in [0.15, 0.2) is 33.8 Å². The first kappa shape index (κ1) is 25.9. The van der Waals surface area contributed by atoms with Gasteiger partial charge in [-0.25, -0.2) is 0 Å². The molecule has 0 radical (unpaired) electrons. The molecule has 0 heterocycles. The maximum Gasteiger partial charge on any atom is 0.358 e. The molecule has 0 spiro atoms. The number of alkyl halides is 3. The monoisotopic (exact) mass is 516 g/mol. The van der Waals surface area contributed by atoms with Crippen molar-refractivity contribution in [3.8, 4) is 11.5 Å². The summed E-state index contributed by atoms with van der Waals surface area (Å²) in [6, 6.07) is 3.25. The van der Waals surface area contributed by atoms with E-state index in [1.807, 2.05) is 0 Å². The maximum atomic E-state index is 12.6. The second kappa shape index (κ2) is 13.2. The average molecular weight is 519 g/mol. The third-order valence-corrected chi connectivity index (χ3v) is 4.93. The highest BCUT2D eigenvalue weighted by molar-refractivity contribution is 6.55. The molecule has 3 nitrogen and oxygen atoms in total. The fourth-order valence-corrected chi connectivity index (χ4v) is 2.44. The third kappa shape index (κ3) is 10.1. The van der Waals surface area contributed by atoms with Crippen LogP contribution >= 0.6 is 69.6 Å². The predicted molar refractivity (Wildman–Crippen MR) is 112 cm³/mol. The first-order chi connectivity index (χ1) is 13.1. The Morgan fingerprint density at radius 2 is 1.46 bits per heavy atom. The molecule has 1 rings (SSSR count). The van der Waals surface area contributed by atoms with E-state index in [4.69, 9.17) is 83.8 Å². The molecule has 0 aliphatic rings. The van der Waals surface area contributed by atoms with E-state index < -0.39 is 10.4 Å². The van der Waals surface area contributed by atoms with E-state index in [1.165, 1.54) is 6.08 Å². The zero-order valence-electron chi connectivity index (χ0n) is 14.3. The molecule has 0 unspecified atom stereocenters. The van der Waals surface area contributed by atoms with Crippen LogP contribution in [0.2, 0.25) is 10.0 Å². The molecule has 28 heavy (non-hydrogen) atoms. The van der Waals surface area contributed by atoms with Crippen LogP contribution in [0.4, 0.5) is 8.78 Å². The Labute approximate surface area is 192 Å². The van der Waals surface area contributed by atoms with Crippen molar-refractivity contribution >= 4 is 69.6 Å². The van der Waals surface area contributed by atoms with E-state index in [0.717, 1.165) is 6.08 Å². The quantitative estimate of drug-likeness (QED) is 0.208. The summed E-state index contributed by atoms with van der Waals surface area (Å²) in [6.07, 6.45) is 3.77. The van der Waals surface area contributed by atoms with Gasteiger partial charge in [-0.05, 0) is 48.7 Å². The van der Waals surface area contributed by atoms with Crippen LogP contribution in [0.1, 0.15) is 12.8 Å². The molecular weight excluding hydrogens is 503 g/mol. The van der Waals surface area contributed by atoms with Crippen LogP contribution in [0.5, 0.6) is 11.5 Å². The van der Waals surface area contributed by atoms with E-state index in [-0.39, 0.29) is 27.8 Å². The number of ether oxygens (including phenoxy) is 3. The molecule has 0 aliphatic carbocycles. The van der Waals surface area contributed by atoms with E-state index in [9.17, 15) is 8.78 Å². The highest BCUT2D eigenvalue weighted by Crippen LogP contribution is 2.39. The van der Waals surface area contributed by atoms with Gasteiger partial charge in [0.15, 0.2) is 0 Å². The zero-order chi connectivity index (χ0) is 21.2. The molecule has 0 aromatic heterocycles. The van der Waals surface area contributed by atoms with Gasteiger partial charge in [0.05, 0.1) is 13.2 Å². The minimum atomic E-state index is -3.58. The lowest BCUT2D eigenvalue weighted by atomic mass is 10.3. The van der Waals surface area contributed by atoms with Gasteiger partial charge in [-0.1, -0.05) is 58.0 Å². The topological polar surface area (TPSA) is 27.7 Å². The van der Waals surface area contributed by atoms with Crippen molar-refractivity contribution in [1.29, 1.82) is 0 Å². The van der Waals surface area contributed by atoms with Crippen LogP contribution in [0.25, 0.3) is 0 Å². The molecule has 0 saturated heterocycles. The summed E-state index contributed by atoms with van der Waals surface area (Å²) in [7, 11) is 0. The Morgan fingerprint density at radius 3 is 2.04 bits per heavy atom. The van der Waals surface area contributed by atoms with Crippen molar-refractivity contribution in [2.75, 3.05) is 26.4 Å². The van der Waals surface area contributed by atoms with Crippen LogP contribution in [0.3, 0.4) is 0 Å². The Kier molecular flexibility index (Phi) is 12.2. The number of halogens is 8. The van der Waals surface area contributed by atoms with Crippen molar-refractivity contribution in [2.24, 2.45) is 0 Å². The molecule has 1 aromatic carbocycles. The Bertz CT molecular complexity index is 688. The largest absolute Gasteiger partial charge is 0.492 e. The molecule has 0 saturated carbocycles. The Balaban J connectivity index is 2.32. The zero-order valence-corrected chi connectivity index (χ0v) is 18.8. The second-order valence-electron chi connectivity index (χ2n) is 5.17. The lowest BCUT2D eigenvalue weighted by molar-refractivity contribution is 0.136. The number of hydrogen-bond donors (Lipinski definition) is 0. The number of unbranched alkanes of at least 4 members (excludes halogenated alkanes) is 1. The summed E-state index contributed by atoms with van der Waals surface area (Å²) in [6.45, 7) is 0.785. The minimum Gasteiger partial charge on any atom is -0.492 e. The standard InChI is InChI=1S/C17H16Cl6F2O3/c18-13(17(23,24)25)5-9-26-7-1-2-8-27-11-3-4-12(16(22)15(11)21)28-10-6-14(19)20/h3-6H,1-2,7-10H2/b13-5-. The van der Waals surface area contributed by atoms with Gasteiger partial charge in [0.1, 0.15) is 37.7 Å². The SMILES string of the molecule is FC(F)(Cl)/C(Cl)=C/COCCCCOc1ccc(OCC=C(Cl)Cl)c(Cl)c1Cl. The summed E-state index contributed by atoms with van der Waals surface area (Å²) in [4.78, 5) is 0. The summed E-state index contributed by atoms with van der Waals surface area (Å²) >= 11 is 33.4. The number of allylic oxidation sites excluding steroid dienone is 1. The van der Waals surface area contributed by atoms with E-state index in [2.05, 4.69) is 0 Å². The molecule has 11 heteroatoms. The van der Waals surface area contributed by atoms with Gasteiger partial charge in [-0.15, -0.1) is 0 Å². The van der Waals surface area contributed by atoms with Gasteiger partial charge in [0.25, 0.3) is 0 Å². The highest BCUT2D eigenvalue weighted by atomic mass is 35.5.